The summed E-state index contributed by atoms with van der Waals surface area (Å²) >= 11 is 7.72. The fraction of sp³-hybridized carbons (Fsp3) is 0.286. The molecule has 7 aromatic rings. The van der Waals surface area contributed by atoms with Gasteiger partial charge in [0.25, 0.3) is 0 Å². The first-order valence-corrected chi connectivity index (χ1v) is 20.3. The zero-order valence-corrected chi connectivity index (χ0v) is 30.2. The average Bonchev–Trinajstić information content (AvgIpc) is 3.83. The molecule has 46 heavy (non-hydrogen) atoms. The Labute approximate surface area is 289 Å². The van der Waals surface area contributed by atoms with E-state index in [1.54, 1.807) is 0 Å². The summed E-state index contributed by atoms with van der Waals surface area (Å²) in [5.74, 6) is 0. The van der Waals surface area contributed by atoms with Gasteiger partial charge in [-0.15, -0.1) is 45.3 Å². The van der Waals surface area contributed by atoms with E-state index in [9.17, 15) is 0 Å². The molecular formula is C42H42S4. The van der Waals surface area contributed by atoms with E-state index in [0.29, 0.717) is 0 Å². The lowest BCUT2D eigenvalue weighted by atomic mass is 10.0. The summed E-state index contributed by atoms with van der Waals surface area (Å²) in [5, 5.41) is 2.82. The predicted octanol–water partition coefficient (Wildman–Crippen LogP) is 15.1. The number of hydrogen-bond donors (Lipinski definition) is 0. The van der Waals surface area contributed by atoms with Crippen LogP contribution in [0.25, 0.3) is 63.3 Å². The number of hydrogen-bond acceptors (Lipinski definition) is 4. The van der Waals surface area contributed by atoms with E-state index in [1.807, 2.05) is 45.3 Å². The Bertz CT molecular complexity index is 1950. The Morgan fingerprint density at radius 2 is 0.870 bits per heavy atom. The van der Waals surface area contributed by atoms with Gasteiger partial charge in [0.1, 0.15) is 0 Å². The SMILES string of the molecule is CCCCCCc1ccc(C=Cc2cc3sc4cc5c(cc4c3s2)sc2cc(C=Cc3ccc(CCCCCC)cc3)sc25)cc1. The lowest BCUT2D eigenvalue weighted by Crippen LogP contribution is -1.85. The molecule has 0 spiro atoms. The van der Waals surface area contributed by atoms with Crippen molar-refractivity contribution < 1.29 is 0 Å². The number of thiophene rings is 4. The molecule has 0 bridgehead atoms. The molecule has 3 aromatic carbocycles. The highest BCUT2D eigenvalue weighted by Gasteiger charge is 2.14. The second-order valence-corrected chi connectivity index (χ2v) is 16.8. The largest absolute Gasteiger partial charge is 0.134 e. The van der Waals surface area contributed by atoms with Crippen LogP contribution in [0, 0.1) is 0 Å². The average molecular weight is 675 g/mol. The number of benzene rings is 3. The Hall–Kier alpha value is -3.02. The molecule has 234 valence electrons. The molecule has 4 heterocycles. The molecule has 7 rings (SSSR count). The van der Waals surface area contributed by atoms with Crippen LogP contribution in [0.1, 0.15) is 97.2 Å². The summed E-state index contributed by atoms with van der Waals surface area (Å²) in [5.41, 5.74) is 5.47. The van der Waals surface area contributed by atoms with E-state index in [4.69, 9.17) is 0 Å². The number of aryl methyl sites for hydroxylation is 2. The molecule has 0 aliphatic heterocycles. The van der Waals surface area contributed by atoms with Crippen LogP contribution >= 0.6 is 45.3 Å². The van der Waals surface area contributed by atoms with E-state index in [1.165, 1.54) is 135 Å². The highest BCUT2D eigenvalue weighted by Crippen LogP contribution is 2.46. The van der Waals surface area contributed by atoms with Gasteiger partial charge >= 0.3 is 0 Å². The molecule has 0 saturated heterocycles. The molecule has 0 aliphatic rings. The topological polar surface area (TPSA) is 0 Å². The Kier molecular flexibility index (Phi) is 10.2. The number of unbranched alkanes of at least 4 members (excludes halogenated alkanes) is 6. The monoisotopic (exact) mass is 674 g/mol. The zero-order valence-electron chi connectivity index (χ0n) is 26.9. The number of fused-ring (bicyclic) bond motifs is 6. The summed E-state index contributed by atoms with van der Waals surface area (Å²) in [6.07, 6.45) is 22.1. The molecule has 0 unspecified atom stereocenters. The van der Waals surface area contributed by atoms with Gasteiger partial charge in [-0.3, -0.25) is 0 Å². The first-order chi connectivity index (χ1) is 22.7. The summed E-state index contributed by atoms with van der Waals surface area (Å²) in [6, 6.07) is 27.9. The van der Waals surface area contributed by atoms with E-state index >= 15 is 0 Å². The van der Waals surface area contributed by atoms with Crippen LogP contribution in [0.5, 0.6) is 0 Å². The Morgan fingerprint density at radius 1 is 0.435 bits per heavy atom. The van der Waals surface area contributed by atoms with Crippen LogP contribution in [0.4, 0.5) is 0 Å². The first kappa shape index (κ1) is 31.6. The van der Waals surface area contributed by atoms with Gasteiger partial charge in [0, 0.05) is 39.3 Å². The van der Waals surface area contributed by atoms with Crippen molar-refractivity contribution in [3.63, 3.8) is 0 Å². The van der Waals surface area contributed by atoms with Crippen molar-refractivity contribution in [2.45, 2.75) is 78.1 Å². The lowest BCUT2D eigenvalue weighted by Gasteiger charge is -2.02. The zero-order chi connectivity index (χ0) is 31.3. The molecule has 0 N–H and O–H groups in total. The second-order valence-electron chi connectivity index (χ2n) is 12.5. The summed E-state index contributed by atoms with van der Waals surface area (Å²) in [7, 11) is 0. The van der Waals surface area contributed by atoms with Crippen LogP contribution in [-0.2, 0) is 12.8 Å². The van der Waals surface area contributed by atoms with Gasteiger partial charge < -0.3 is 0 Å². The summed E-state index contributed by atoms with van der Waals surface area (Å²) < 4.78 is 8.46. The maximum absolute atomic E-state index is 2.45. The molecule has 0 atom stereocenters. The molecule has 0 aliphatic carbocycles. The molecule has 0 nitrogen and oxygen atoms in total. The maximum atomic E-state index is 2.45. The quantitative estimate of drug-likeness (QED) is 0.101. The highest BCUT2D eigenvalue weighted by molar-refractivity contribution is 7.34. The smallest absolute Gasteiger partial charge is 0.0536 e. The Balaban J connectivity index is 1.04. The maximum Gasteiger partial charge on any atom is 0.0536 e. The van der Waals surface area contributed by atoms with E-state index < -0.39 is 0 Å². The van der Waals surface area contributed by atoms with Gasteiger partial charge in [0.05, 0.1) is 9.40 Å². The van der Waals surface area contributed by atoms with Gasteiger partial charge in [-0.05, 0) is 84.4 Å². The molecule has 4 heteroatoms. The molecule has 0 amide bonds. The Morgan fingerprint density at radius 3 is 1.28 bits per heavy atom. The van der Waals surface area contributed by atoms with E-state index in [0.717, 1.165) is 0 Å². The second kappa shape index (κ2) is 14.8. The van der Waals surface area contributed by atoms with Crippen LogP contribution in [-0.4, -0.2) is 0 Å². The third-order valence-corrected chi connectivity index (χ3v) is 13.6. The summed E-state index contributed by atoms with van der Waals surface area (Å²) in [4.78, 5) is 2.66. The molecular weight excluding hydrogens is 633 g/mol. The minimum Gasteiger partial charge on any atom is -0.134 e. The first-order valence-electron chi connectivity index (χ1n) is 17.0. The minimum atomic E-state index is 1.19. The van der Waals surface area contributed by atoms with E-state index in [-0.39, 0.29) is 0 Å². The summed E-state index contributed by atoms with van der Waals surface area (Å²) in [6.45, 7) is 4.55. The predicted molar refractivity (Wildman–Crippen MR) is 214 cm³/mol. The standard InChI is InChI=1S/C42H42S4/c1-3-5-7-9-11-29-13-17-31(18-14-29)21-23-33-25-39-41(43-33)35-27-38-36(28-37(35)45-39)42-40(46-38)26-34(44-42)24-22-32-19-15-30(16-20-32)12-10-8-6-4-2/h13-28H,3-12H2,1-2H3. The van der Waals surface area contributed by atoms with Gasteiger partial charge in [0.2, 0.25) is 0 Å². The number of rotatable bonds is 14. The van der Waals surface area contributed by atoms with Crippen LogP contribution < -0.4 is 0 Å². The third-order valence-electron chi connectivity index (χ3n) is 8.92. The van der Waals surface area contributed by atoms with Crippen molar-refractivity contribution in [3.05, 3.63) is 105 Å². The molecule has 0 fully saturated rings. The van der Waals surface area contributed by atoms with Crippen LogP contribution in [0.2, 0.25) is 0 Å². The van der Waals surface area contributed by atoms with Crippen LogP contribution in [0.15, 0.2) is 72.8 Å². The van der Waals surface area contributed by atoms with Crippen molar-refractivity contribution in [1.82, 2.24) is 0 Å². The highest BCUT2D eigenvalue weighted by atomic mass is 32.1. The van der Waals surface area contributed by atoms with Crippen molar-refractivity contribution in [3.8, 4) is 0 Å². The van der Waals surface area contributed by atoms with Crippen molar-refractivity contribution in [2.24, 2.45) is 0 Å². The fourth-order valence-corrected chi connectivity index (χ4v) is 11.2. The van der Waals surface area contributed by atoms with Crippen molar-refractivity contribution in [1.29, 1.82) is 0 Å². The minimum absolute atomic E-state index is 1.19. The lowest BCUT2D eigenvalue weighted by molar-refractivity contribution is 0.667. The molecule has 0 radical (unpaired) electrons. The normalized spacial score (nSPS) is 12.4. The molecule has 4 aromatic heterocycles. The van der Waals surface area contributed by atoms with Gasteiger partial charge in [-0.1, -0.05) is 113 Å². The van der Waals surface area contributed by atoms with Crippen LogP contribution in [0.3, 0.4) is 0 Å². The third kappa shape index (κ3) is 7.26. The van der Waals surface area contributed by atoms with Gasteiger partial charge in [0.15, 0.2) is 0 Å². The van der Waals surface area contributed by atoms with E-state index in [2.05, 4.69) is 111 Å². The van der Waals surface area contributed by atoms with Gasteiger partial charge in [-0.2, -0.15) is 0 Å². The van der Waals surface area contributed by atoms with Crippen molar-refractivity contribution >= 4 is 109 Å². The van der Waals surface area contributed by atoms with Gasteiger partial charge in [-0.25, -0.2) is 0 Å². The molecule has 0 saturated carbocycles. The fourth-order valence-electron chi connectivity index (χ4n) is 6.26. The van der Waals surface area contributed by atoms with Crippen molar-refractivity contribution in [2.75, 3.05) is 0 Å².